The Balaban J connectivity index is 1.72. The summed E-state index contributed by atoms with van der Waals surface area (Å²) in [6.07, 6.45) is -2.80. The summed E-state index contributed by atoms with van der Waals surface area (Å²) >= 11 is 1.35. The van der Waals surface area contributed by atoms with E-state index in [0.29, 0.717) is 51.8 Å². The molecule has 1 aliphatic rings. The van der Waals surface area contributed by atoms with E-state index in [1.807, 2.05) is 0 Å². The SMILES string of the molecule is CC1=C(C)C(=O)C(CCCc2nc3cc(C(F)(F)F)ccc3s2)=C(C)C1=O. The van der Waals surface area contributed by atoms with Crippen LogP contribution >= 0.6 is 11.3 Å². The molecule has 0 amide bonds. The fraction of sp³-hybridized carbons (Fsp3) is 0.350. The average Bonchev–Trinajstić information content (AvgIpc) is 3.02. The smallest absolute Gasteiger partial charge is 0.289 e. The standard InChI is InChI=1S/C20H18F3NO2S/c1-10-11(2)19(26)14(12(3)18(10)25)5-4-6-17-24-15-9-13(20(21,22)23)7-8-16(15)27-17/h7-9H,4-6H2,1-3H3. The molecule has 0 saturated heterocycles. The monoisotopic (exact) mass is 393 g/mol. The third kappa shape index (κ3) is 3.74. The van der Waals surface area contributed by atoms with Gasteiger partial charge in [0.15, 0.2) is 11.6 Å². The van der Waals surface area contributed by atoms with Gasteiger partial charge >= 0.3 is 6.18 Å². The molecule has 3 nitrogen and oxygen atoms in total. The number of carbonyl (C=O) groups is 2. The molecule has 0 fully saturated rings. The number of benzene rings is 1. The van der Waals surface area contributed by atoms with E-state index in [2.05, 4.69) is 4.98 Å². The molecule has 0 spiro atoms. The van der Waals surface area contributed by atoms with Gasteiger partial charge in [0.1, 0.15) is 0 Å². The van der Waals surface area contributed by atoms with Crippen LogP contribution in [0.4, 0.5) is 13.2 Å². The number of aromatic nitrogens is 1. The van der Waals surface area contributed by atoms with E-state index in [1.54, 1.807) is 20.8 Å². The third-order valence-corrected chi connectivity index (χ3v) is 5.98. The number of nitrogens with zero attached hydrogens (tertiary/aromatic N) is 1. The second kappa shape index (κ2) is 7.03. The molecule has 3 rings (SSSR count). The zero-order valence-electron chi connectivity index (χ0n) is 15.2. The minimum Gasteiger partial charge on any atom is -0.289 e. The van der Waals surface area contributed by atoms with E-state index in [9.17, 15) is 22.8 Å². The largest absolute Gasteiger partial charge is 0.416 e. The molecule has 27 heavy (non-hydrogen) atoms. The molecule has 1 aromatic heterocycles. The van der Waals surface area contributed by atoms with Crippen LogP contribution in [0.1, 0.15) is 44.2 Å². The lowest BCUT2D eigenvalue weighted by molar-refractivity contribution is -0.137. The van der Waals surface area contributed by atoms with Gasteiger partial charge in [-0.1, -0.05) is 0 Å². The lowest BCUT2D eigenvalue weighted by Gasteiger charge is -2.18. The minimum absolute atomic E-state index is 0.0938. The number of fused-ring (bicyclic) bond motifs is 1. The molecule has 0 unspecified atom stereocenters. The van der Waals surface area contributed by atoms with Crippen molar-refractivity contribution in [3.8, 4) is 0 Å². The van der Waals surface area contributed by atoms with Crippen molar-refractivity contribution in [3.05, 3.63) is 51.1 Å². The highest BCUT2D eigenvalue weighted by atomic mass is 32.1. The molecule has 7 heteroatoms. The fourth-order valence-corrected chi connectivity index (χ4v) is 4.12. The Bertz CT molecular complexity index is 1010. The fourth-order valence-electron chi connectivity index (χ4n) is 3.13. The molecular weight excluding hydrogens is 375 g/mol. The summed E-state index contributed by atoms with van der Waals surface area (Å²) in [4.78, 5) is 28.9. The highest BCUT2D eigenvalue weighted by molar-refractivity contribution is 7.18. The molecule has 0 atom stereocenters. The van der Waals surface area contributed by atoms with Crippen LogP contribution in [0.15, 0.2) is 40.5 Å². The van der Waals surface area contributed by atoms with Gasteiger partial charge in [0.05, 0.1) is 20.8 Å². The predicted molar refractivity (Wildman–Crippen MR) is 98.6 cm³/mol. The van der Waals surface area contributed by atoms with Crippen LogP contribution < -0.4 is 0 Å². The first-order chi connectivity index (χ1) is 12.6. The zero-order chi connectivity index (χ0) is 19.9. The number of hydrogen-bond donors (Lipinski definition) is 0. The maximum Gasteiger partial charge on any atom is 0.416 e. The van der Waals surface area contributed by atoms with E-state index in [0.717, 1.165) is 17.1 Å². The van der Waals surface area contributed by atoms with Crippen molar-refractivity contribution in [2.24, 2.45) is 0 Å². The summed E-state index contributed by atoms with van der Waals surface area (Å²) in [7, 11) is 0. The summed E-state index contributed by atoms with van der Waals surface area (Å²) in [5.41, 5.74) is 1.62. The number of carbonyl (C=O) groups excluding carboxylic acids is 2. The summed E-state index contributed by atoms with van der Waals surface area (Å²) in [6, 6.07) is 3.55. The van der Waals surface area contributed by atoms with Gasteiger partial charge in [-0.05, 0) is 58.2 Å². The molecule has 0 radical (unpaired) electrons. The summed E-state index contributed by atoms with van der Waals surface area (Å²) in [6.45, 7) is 4.99. The number of hydrogen-bond acceptors (Lipinski definition) is 4. The summed E-state index contributed by atoms with van der Waals surface area (Å²) in [5.74, 6) is -0.189. The molecule has 0 bridgehead atoms. The predicted octanol–water partition coefficient (Wildman–Crippen LogP) is 5.44. The van der Waals surface area contributed by atoms with Gasteiger partial charge in [0.2, 0.25) is 0 Å². The Morgan fingerprint density at radius 3 is 2.30 bits per heavy atom. The van der Waals surface area contributed by atoms with Crippen LogP contribution in [0.25, 0.3) is 10.2 Å². The first-order valence-electron chi connectivity index (χ1n) is 8.53. The van der Waals surface area contributed by atoms with Gasteiger partial charge in [-0.3, -0.25) is 9.59 Å². The van der Waals surface area contributed by atoms with E-state index in [-0.39, 0.29) is 11.6 Å². The van der Waals surface area contributed by atoms with Crippen LogP contribution in [-0.4, -0.2) is 16.6 Å². The highest BCUT2D eigenvalue weighted by Crippen LogP contribution is 2.33. The second-order valence-electron chi connectivity index (χ2n) is 6.65. The number of allylic oxidation sites excluding steroid dienone is 4. The molecule has 142 valence electrons. The summed E-state index contributed by atoms with van der Waals surface area (Å²) in [5, 5.41) is 0.723. The van der Waals surface area contributed by atoms with Gasteiger partial charge in [0, 0.05) is 22.3 Å². The Morgan fingerprint density at radius 2 is 1.63 bits per heavy atom. The Hall–Kier alpha value is -2.28. The number of aryl methyl sites for hydroxylation is 1. The number of Topliss-reactive ketones (excluding diaryl/α,β-unsaturated/α-hetero) is 2. The maximum absolute atomic E-state index is 12.8. The van der Waals surface area contributed by atoms with Crippen LogP contribution in [-0.2, 0) is 22.2 Å². The zero-order valence-corrected chi connectivity index (χ0v) is 16.0. The number of halogens is 3. The van der Waals surface area contributed by atoms with Crippen molar-refractivity contribution in [2.45, 2.75) is 46.2 Å². The topological polar surface area (TPSA) is 47.0 Å². The van der Waals surface area contributed by atoms with E-state index in [4.69, 9.17) is 0 Å². The summed E-state index contributed by atoms with van der Waals surface area (Å²) < 4.78 is 39.1. The molecule has 0 aliphatic heterocycles. The maximum atomic E-state index is 12.8. The van der Waals surface area contributed by atoms with Crippen LogP contribution in [0.5, 0.6) is 0 Å². The lowest BCUT2D eigenvalue weighted by Crippen LogP contribution is -2.20. The van der Waals surface area contributed by atoms with Crippen LogP contribution in [0.2, 0.25) is 0 Å². The second-order valence-corrected chi connectivity index (χ2v) is 7.77. The van der Waals surface area contributed by atoms with Gasteiger partial charge in [-0.25, -0.2) is 4.98 Å². The van der Waals surface area contributed by atoms with E-state index >= 15 is 0 Å². The van der Waals surface area contributed by atoms with E-state index < -0.39 is 11.7 Å². The first kappa shape index (κ1) is 19.5. The van der Waals surface area contributed by atoms with Crippen molar-refractivity contribution in [3.63, 3.8) is 0 Å². The molecule has 2 aromatic rings. The number of alkyl halides is 3. The van der Waals surface area contributed by atoms with E-state index in [1.165, 1.54) is 17.4 Å². The Labute approximate surface area is 158 Å². The molecule has 0 N–H and O–H groups in total. The first-order valence-corrected chi connectivity index (χ1v) is 9.34. The average molecular weight is 393 g/mol. The van der Waals surface area contributed by atoms with Crippen LogP contribution in [0.3, 0.4) is 0 Å². The normalized spacial score (nSPS) is 16.1. The van der Waals surface area contributed by atoms with Crippen molar-refractivity contribution < 1.29 is 22.8 Å². The van der Waals surface area contributed by atoms with Gasteiger partial charge in [-0.15, -0.1) is 11.3 Å². The molecule has 1 aliphatic carbocycles. The van der Waals surface area contributed by atoms with Crippen molar-refractivity contribution >= 4 is 33.1 Å². The number of rotatable bonds is 4. The third-order valence-electron chi connectivity index (χ3n) is 4.89. The van der Waals surface area contributed by atoms with Gasteiger partial charge in [-0.2, -0.15) is 13.2 Å². The quantitative estimate of drug-likeness (QED) is 0.650. The number of ketones is 2. The Morgan fingerprint density at radius 1 is 0.963 bits per heavy atom. The van der Waals surface area contributed by atoms with Gasteiger partial charge in [0.25, 0.3) is 0 Å². The van der Waals surface area contributed by atoms with Crippen molar-refractivity contribution in [2.75, 3.05) is 0 Å². The van der Waals surface area contributed by atoms with Crippen molar-refractivity contribution in [1.29, 1.82) is 0 Å². The minimum atomic E-state index is -4.39. The Kier molecular flexibility index (Phi) is 5.08. The lowest BCUT2D eigenvalue weighted by atomic mass is 9.84. The number of thiazole rings is 1. The molecule has 1 aromatic carbocycles. The molecular formula is C20H18F3NO2S. The molecule has 0 saturated carbocycles. The van der Waals surface area contributed by atoms with Gasteiger partial charge < -0.3 is 0 Å². The van der Waals surface area contributed by atoms with Crippen LogP contribution in [0, 0.1) is 0 Å². The highest BCUT2D eigenvalue weighted by Gasteiger charge is 2.31. The van der Waals surface area contributed by atoms with Crippen molar-refractivity contribution in [1.82, 2.24) is 4.98 Å². The molecule has 1 heterocycles.